The third kappa shape index (κ3) is 3.89. The molecule has 0 fully saturated rings. The smallest absolute Gasteiger partial charge is 0.376 e. The van der Waals surface area contributed by atoms with Crippen LogP contribution in [0.3, 0.4) is 0 Å². The SMILES string of the molecule is O=C(O)C(=O)/C=C(\O)c1cccc(OCc2cccc3ccccc23)c1. The lowest BCUT2D eigenvalue weighted by atomic mass is 10.1. The third-order valence-corrected chi connectivity index (χ3v) is 3.88. The average Bonchev–Trinajstić information content (AvgIpc) is 2.66. The van der Waals surface area contributed by atoms with Gasteiger partial charge in [-0.15, -0.1) is 0 Å². The Bertz CT molecular complexity index is 999. The van der Waals surface area contributed by atoms with Crippen molar-refractivity contribution in [3.05, 3.63) is 83.9 Å². The first-order valence-corrected chi connectivity index (χ1v) is 7.92. The van der Waals surface area contributed by atoms with Crippen LogP contribution in [0.4, 0.5) is 0 Å². The number of aliphatic carboxylic acids is 1. The molecule has 0 aliphatic rings. The van der Waals surface area contributed by atoms with E-state index in [1.54, 1.807) is 24.3 Å². The molecule has 5 heteroatoms. The minimum absolute atomic E-state index is 0.301. The molecule has 0 aliphatic heterocycles. The molecule has 3 aromatic rings. The Morgan fingerprint density at radius 3 is 2.46 bits per heavy atom. The van der Waals surface area contributed by atoms with E-state index in [9.17, 15) is 14.7 Å². The number of aliphatic hydroxyl groups is 1. The van der Waals surface area contributed by atoms with Crippen LogP contribution < -0.4 is 4.74 Å². The highest BCUT2D eigenvalue weighted by atomic mass is 16.5. The van der Waals surface area contributed by atoms with E-state index in [0.717, 1.165) is 16.3 Å². The summed E-state index contributed by atoms with van der Waals surface area (Å²) >= 11 is 0. The van der Waals surface area contributed by atoms with Gasteiger partial charge in [0.1, 0.15) is 18.1 Å². The summed E-state index contributed by atoms with van der Waals surface area (Å²) in [6.45, 7) is 0.337. The fourth-order valence-corrected chi connectivity index (χ4v) is 2.59. The number of aliphatic hydroxyl groups excluding tert-OH is 1. The van der Waals surface area contributed by atoms with Crippen LogP contribution in [0.5, 0.6) is 5.75 Å². The molecular weight excluding hydrogens is 332 g/mol. The Kier molecular flexibility index (Phi) is 4.99. The van der Waals surface area contributed by atoms with Crippen molar-refractivity contribution in [1.82, 2.24) is 0 Å². The number of hydrogen-bond acceptors (Lipinski definition) is 4. The number of hydrogen-bond donors (Lipinski definition) is 2. The fraction of sp³-hybridized carbons (Fsp3) is 0.0476. The molecule has 0 spiro atoms. The number of benzene rings is 3. The van der Waals surface area contributed by atoms with E-state index in [0.29, 0.717) is 24.0 Å². The van der Waals surface area contributed by atoms with E-state index in [1.165, 1.54) is 0 Å². The molecule has 130 valence electrons. The lowest BCUT2D eigenvalue weighted by molar-refractivity contribution is -0.146. The molecule has 5 nitrogen and oxygen atoms in total. The molecule has 0 aromatic heterocycles. The Morgan fingerprint density at radius 1 is 0.923 bits per heavy atom. The van der Waals surface area contributed by atoms with Crippen LogP contribution in [0.25, 0.3) is 16.5 Å². The highest BCUT2D eigenvalue weighted by Crippen LogP contribution is 2.23. The summed E-state index contributed by atoms with van der Waals surface area (Å²) in [5, 5.41) is 20.7. The van der Waals surface area contributed by atoms with Crippen LogP contribution in [0.15, 0.2) is 72.8 Å². The van der Waals surface area contributed by atoms with Crippen molar-refractivity contribution in [3.63, 3.8) is 0 Å². The number of carbonyl (C=O) groups excluding carboxylic acids is 1. The molecule has 0 aliphatic carbocycles. The van der Waals surface area contributed by atoms with Crippen molar-refractivity contribution < 1.29 is 24.5 Å². The van der Waals surface area contributed by atoms with Gasteiger partial charge in [0, 0.05) is 11.6 Å². The van der Waals surface area contributed by atoms with E-state index < -0.39 is 17.5 Å². The lowest BCUT2D eigenvalue weighted by Crippen LogP contribution is -2.09. The van der Waals surface area contributed by atoms with Crippen molar-refractivity contribution in [3.8, 4) is 5.75 Å². The summed E-state index contributed by atoms with van der Waals surface area (Å²) in [5.74, 6) is -2.74. The molecular formula is C21H16O5. The number of carbonyl (C=O) groups is 2. The van der Waals surface area contributed by atoms with Gasteiger partial charge in [-0.3, -0.25) is 4.79 Å². The molecule has 0 amide bonds. The maximum absolute atomic E-state index is 11.2. The topological polar surface area (TPSA) is 83.8 Å². The zero-order chi connectivity index (χ0) is 18.5. The Morgan fingerprint density at radius 2 is 1.65 bits per heavy atom. The summed E-state index contributed by atoms with van der Waals surface area (Å²) in [4.78, 5) is 21.7. The lowest BCUT2D eigenvalue weighted by Gasteiger charge is -2.10. The van der Waals surface area contributed by atoms with Gasteiger partial charge in [-0.2, -0.15) is 0 Å². The summed E-state index contributed by atoms with van der Waals surface area (Å²) in [6, 6.07) is 20.5. The molecule has 0 radical (unpaired) electrons. The predicted octanol–water partition coefficient (Wildman–Crippen LogP) is 3.97. The number of ether oxygens (including phenoxy) is 1. The number of ketones is 1. The van der Waals surface area contributed by atoms with E-state index in [1.807, 2.05) is 42.5 Å². The molecule has 0 unspecified atom stereocenters. The molecule has 2 N–H and O–H groups in total. The minimum atomic E-state index is -1.63. The van der Waals surface area contributed by atoms with Gasteiger partial charge >= 0.3 is 5.97 Å². The summed E-state index contributed by atoms with van der Waals surface area (Å²) in [5.41, 5.74) is 1.32. The van der Waals surface area contributed by atoms with Crippen LogP contribution in [-0.2, 0) is 16.2 Å². The van der Waals surface area contributed by atoms with Crippen molar-refractivity contribution >= 4 is 28.3 Å². The average molecular weight is 348 g/mol. The first-order valence-electron chi connectivity index (χ1n) is 7.92. The van der Waals surface area contributed by atoms with Gasteiger partial charge in [-0.25, -0.2) is 4.79 Å². The third-order valence-electron chi connectivity index (χ3n) is 3.88. The number of carboxylic acid groups (broad SMARTS) is 1. The van der Waals surface area contributed by atoms with E-state index >= 15 is 0 Å². The largest absolute Gasteiger partial charge is 0.507 e. The highest BCUT2D eigenvalue weighted by molar-refractivity contribution is 6.38. The minimum Gasteiger partial charge on any atom is -0.507 e. The van der Waals surface area contributed by atoms with Gasteiger partial charge in [0.25, 0.3) is 5.78 Å². The van der Waals surface area contributed by atoms with Gasteiger partial charge in [0.2, 0.25) is 0 Å². The number of rotatable bonds is 6. The van der Waals surface area contributed by atoms with Gasteiger partial charge in [-0.05, 0) is 28.5 Å². The fourth-order valence-electron chi connectivity index (χ4n) is 2.59. The quantitative estimate of drug-likeness (QED) is 0.400. The molecule has 0 heterocycles. The van der Waals surface area contributed by atoms with Crippen molar-refractivity contribution in [2.24, 2.45) is 0 Å². The second-order valence-corrected chi connectivity index (χ2v) is 5.65. The van der Waals surface area contributed by atoms with Crippen LogP contribution in [0.2, 0.25) is 0 Å². The molecule has 3 rings (SSSR count). The van der Waals surface area contributed by atoms with Gasteiger partial charge < -0.3 is 14.9 Å². The molecule has 0 atom stereocenters. The molecule has 0 bridgehead atoms. The van der Waals surface area contributed by atoms with Crippen LogP contribution >= 0.6 is 0 Å². The van der Waals surface area contributed by atoms with Crippen LogP contribution in [-0.4, -0.2) is 22.0 Å². The number of fused-ring (bicyclic) bond motifs is 1. The Labute approximate surface area is 149 Å². The second-order valence-electron chi connectivity index (χ2n) is 5.65. The zero-order valence-corrected chi connectivity index (χ0v) is 13.8. The highest BCUT2D eigenvalue weighted by Gasteiger charge is 2.11. The summed E-state index contributed by atoms with van der Waals surface area (Å²) in [6.07, 6.45) is 0.673. The van der Waals surface area contributed by atoms with Crippen LogP contribution in [0, 0.1) is 0 Å². The van der Waals surface area contributed by atoms with Gasteiger partial charge in [0.05, 0.1) is 0 Å². The number of carboxylic acids is 1. The molecule has 3 aromatic carbocycles. The second kappa shape index (κ2) is 7.53. The molecule has 26 heavy (non-hydrogen) atoms. The summed E-state index contributed by atoms with van der Waals surface area (Å²) in [7, 11) is 0. The molecule has 0 saturated heterocycles. The van der Waals surface area contributed by atoms with Crippen LogP contribution in [0.1, 0.15) is 11.1 Å². The normalized spacial score (nSPS) is 11.3. The molecule has 0 saturated carbocycles. The van der Waals surface area contributed by atoms with Crippen molar-refractivity contribution in [1.29, 1.82) is 0 Å². The Hall–Kier alpha value is -3.60. The van der Waals surface area contributed by atoms with E-state index in [2.05, 4.69) is 0 Å². The Balaban J connectivity index is 1.79. The van der Waals surface area contributed by atoms with E-state index in [4.69, 9.17) is 9.84 Å². The van der Waals surface area contributed by atoms with Gasteiger partial charge in [0.15, 0.2) is 0 Å². The standard InChI is InChI=1S/C21H16O5/c22-19(12-20(23)21(24)25)15-7-4-9-17(11-15)26-13-16-8-3-6-14-5-1-2-10-18(14)16/h1-12,22H,13H2,(H,24,25)/b19-12-. The first kappa shape index (κ1) is 17.2. The van der Waals surface area contributed by atoms with Crippen molar-refractivity contribution in [2.75, 3.05) is 0 Å². The zero-order valence-electron chi connectivity index (χ0n) is 13.8. The summed E-state index contributed by atoms with van der Waals surface area (Å²) < 4.78 is 5.80. The van der Waals surface area contributed by atoms with Crippen molar-refractivity contribution in [2.45, 2.75) is 6.61 Å². The maximum Gasteiger partial charge on any atom is 0.376 e. The predicted molar refractivity (Wildman–Crippen MR) is 98.0 cm³/mol. The monoisotopic (exact) mass is 348 g/mol. The van der Waals surface area contributed by atoms with Gasteiger partial charge in [-0.1, -0.05) is 54.6 Å². The maximum atomic E-state index is 11.2. The van der Waals surface area contributed by atoms with E-state index in [-0.39, 0.29) is 0 Å². The first-order chi connectivity index (χ1) is 12.5.